The van der Waals surface area contributed by atoms with Gasteiger partial charge in [-0.1, -0.05) is 0 Å². The lowest BCUT2D eigenvalue weighted by Gasteiger charge is -2.23. The highest BCUT2D eigenvalue weighted by molar-refractivity contribution is 5.81. The van der Waals surface area contributed by atoms with Gasteiger partial charge in [-0.05, 0) is 26.8 Å². The summed E-state index contributed by atoms with van der Waals surface area (Å²) in [5.41, 5.74) is 0.888. The summed E-state index contributed by atoms with van der Waals surface area (Å²) in [5.74, 6) is 0.129. The molecule has 0 bridgehead atoms. The van der Waals surface area contributed by atoms with Crippen molar-refractivity contribution in [1.29, 1.82) is 0 Å². The van der Waals surface area contributed by atoms with Gasteiger partial charge in [-0.2, -0.15) is 0 Å². The van der Waals surface area contributed by atoms with Crippen LogP contribution in [0.1, 0.15) is 26.5 Å². The maximum atomic E-state index is 12.0. The zero-order valence-electron chi connectivity index (χ0n) is 10.7. The molecule has 1 aromatic rings. The molecule has 5 heteroatoms. The Morgan fingerprint density at radius 1 is 1.47 bits per heavy atom. The summed E-state index contributed by atoms with van der Waals surface area (Å²) >= 11 is 0. The van der Waals surface area contributed by atoms with E-state index in [0.717, 1.165) is 18.8 Å². The van der Waals surface area contributed by atoms with Crippen molar-refractivity contribution >= 4 is 5.91 Å². The largest absolute Gasteiger partial charge is 0.342 e. The third-order valence-corrected chi connectivity index (χ3v) is 2.68. The molecule has 1 heterocycles. The highest BCUT2D eigenvalue weighted by Crippen LogP contribution is 1.97. The molecule has 1 amide bonds. The van der Waals surface area contributed by atoms with Gasteiger partial charge in [0, 0.05) is 25.8 Å². The van der Waals surface area contributed by atoms with Crippen LogP contribution in [0.5, 0.6) is 0 Å². The Morgan fingerprint density at radius 2 is 2.18 bits per heavy atom. The second-order valence-electron chi connectivity index (χ2n) is 3.81. The Labute approximate surface area is 102 Å². The monoisotopic (exact) mass is 236 g/mol. The Morgan fingerprint density at radius 3 is 2.71 bits per heavy atom. The fraction of sp³-hybridized carbons (Fsp3) is 0.583. The Bertz CT molecular complexity index is 338. The molecule has 0 saturated heterocycles. The number of rotatable bonds is 6. The normalized spacial score (nSPS) is 12.2. The van der Waals surface area contributed by atoms with E-state index in [-0.39, 0.29) is 11.9 Å². The summed E-state index contributed by atoms with van der Waals surface area (Å²) in [6, 6.07) is 1.64. The molecule has 0 spiro atoms. The van der Waals surface area contributed by atoms with E-state index in [1.807, 2.05) is 31.7 Å². The number of nitrogens with one attached hydrogen (secondary N) is 1. The SMILES string of the molecule is CCN(CC)C(=O)C(C)NCc1ccncn1. The first kappa shape index (κ1) is 13.6. The van der Waals surface area contributed by atoms with E-state index >= 15 is 0 Å². The summed E-state index contributed by atoms with van der Waals surface area (Å²) in [5, 5.41) is 3.17. The van der Waals surface area contributed by atoms with Crippen LogP contribution in [0, 0.1) is 0 Å². The average molecular weight is 236 g/mol. The van der Waals surface area contributed by atoms with E-state index in [0.29, 0.717) is 6.54 Å². The smallest absolute Gasteiger partial charge is 0.239 e. The van der Waals surface area contributed by atoms with Gasteiger partial charge in [-0.15, -0.1) is 0 Å². The molecule has 94 valence electrons. The van der Waals surface area contributed by atoms with Gasteiger partial charge in [0.2, 0.25) is 5.91 Å². The standard InChI is InChI=1S/C12H20N4O/c1-4-16(5-2)12(17)10(3)14-8-11-6-7-13-9-15-11/h6-7,9-10,14H,4-5,8H2,1-3H3. The van der Waals surface area contributed by atoms with Crippen molar-refractivity contribution in [2.24, 2.45) is 0 Å². The fourth-order valence-corrected chi connectivity index (χ4v) is 1.58. The number of hydrogen-bond donors (Lipinski definition) is 1. The van der Waals surface area contributed by atoms with E-state index in [4.69, 9.17) is 0 Å². The van der Waals surface area contributed by atoms with Crippen molar-refractivity contribution in [3.8, 4) is 0 Å². The lowest BCUT2D eigenvalue weighted by atomic mass is 10.2. The van der Waals surface area contributed by atoms with Crippen molar-refractivity contribution in [2.45, 2.75) is 33.4 Å². The highest BCUT2D eigenvalue weighted by atomic mass is 16.2. The Kier molecular flexibility index (Phi) is 5.56. The van der Waals surface area contributed by atoms with Gasteiger partial charge in [-0.3, -0.25) is 4.79 Å². The van der Waals surface area contributed by atoms with Gasteiger partial charge in [0.1, 0.15) is 6.33 Å². The molecule has 17 heavy (non-hydrogen) atoms. The molecule has 1 aromatic heterocycles. The third-order valence-electron chi connectivity index (χ3n) is 2.68. The molecule has 1 atom stereocenters. The summed E-state index contributed by atoms with van der Waals surface area (Å²) in [7, 11) is 0. The van der Waals surface area contributed by atoms with Gasteiger partial charge in [-0.25, -0.2) is 9.97 Å². The van der Waals surface area contributed by atoms with Crippen LogP contribution in [0.3, 0.4) is 0 Å². The molecule has 0 fully saturated rings. The van der Waals surface area contributed by atoms with Crippen LogP contribution in [0.4, 0.5) is 0 Å². The summed E-state index contributed by atoms with van der Waals surface area (Å²) in [6.07, 6.45) is 3.20. The molecule has 0 aliphatic carbocycles. The van der Waals surface area contributed by atoms with Crippen molar-refractivity contribution in [3.05, 3.63) is 24.3 Å². The number of hydrogen-bond acceptors (Lipinski definition) is 4. The number of nitrogens with zero attached hydrogens (tertiary/aromatic N) is 3. The zero-order valence-corrected chi connectivity index (χ0v) is 10.7. The van der Waals surface area contributed by atoms with Crippen molar-refractivity contribution in [2.75, 3.05) is 13.1 Å². The number of amides is 1. The van der Waals surface area contributed by atoms with Crippen molar-refractivity contribution in [3.63, 3.8) is 0 Å². The van der Waals surface area contributed by atoms with Crippen LogP contribution in [-0.2, 0) is 11.3 Å². The molecule has 5 nitrogen and oxygen atoms in total. The molecule has 0 radical (unpaired) electrons. The topological polar surface area (TPSA) is 58.1 Å². The molecule has 0 saturated carbocycles. The highest BCUT2D eigenvalue weighted by Gasteiger charge is 2.17. The van der Waals surface area contributed by atoms with Crippen molar-refractivity contribution < 1.29 is 4.79 Å². The molecule has 0 aromatic carbocycles. The second kappa shape index (κ2) is 6.96. The minimum Gasteiger partial charge on any atom is -0.342 e. The molecule has 1 unspecified atom stereocenters. The van der Waals surface area contributed by atoms with E-state index < -0.39 is 0 Å². The number of aromatic nitrogens is 2. The first-order chi connectivity index (χ1) is 8.19. The van der Waals surface area contributed by atoms with Crippen LogP contribution in [0.2, 0.25) is 0 Å². The molecular weight excluding hydrogens is 216 g/mol. The number of likely N-dealkylation sites (N-methyl/N-ethyl adjacent to an activating group) is 1. The zero-order chi connectivity index (χ0) is 12.7. The predicted octanol–water partition coefficient (Wildman–Crippen LogP) is 0.823. The van der Waals surface area contributed by atoms with Gasteiger partial charge >= 0.3 is 0 Å². The third kappa shape index (κ3) is 4.11. The van der Waals surface area contributed by atoms with Crippen LogP contribution < -0.4 is 5.32 Å². The fourth-order valence-electron chi connectivity index (χ4n) is 1.58. The van der Waals surface area contributed by atoms with Gasteiger partial charge in [0.25, 0.3) is 0 Å². The van der Waals surface area contributed by atoms with Gasteiger partial charge < -0.3 is 10.2 Å². The summed E-state index contributed by atoms with van der Waals surface area (Å²) < 4.78 is 0. The lowest BCUT2D eigenvalue weighted by Crippen LogP contribution is -2.44. The van der Waals surface area contributed by atoms with Crippen LogP contribution >= 0.6 is 0 Å². The quantitative estimate of drug-likeness (QED) is 0.794. The van der Waals surface area contributed by atoms with Gasteiger partial charge in [0.15, 0.2) is 0 Å². The number of carbonyl (C=O) groups is 1. The maximum absolute atomic E-state index is 12.0. The lowest BCUT2D eigenvalue weighted by molar-refractivity contribution is -0.132. The molecule has 0 aliphatic heterocycles. The van der Waals surface area contributed by atoms with Gasteiger partial charge in [0.05, 0.1) is 11.7 Å². The van der Waals surface area contributed by atoms with Crippen LogP contribution in [0.25, 0.3) is 0 Å². The Balaban J connectivity index is 2.44. The first-order valence-electron chi connectivity index (χ1n) is 5.96. The second-order valence-corrected chi connectivity index (χ2v) is 3.81. The first-order valence-corrected chi connectivity index (χ1v) is 5.96. The summed E-state index contributed by atoms with van der Waals surface area (Å²) in [4.78, 5) is 21.7. The maximum Gasteiger partial charge on any atom is 0.239 e. The molecular formula is C12H20N4O. The predicted molar refractivity (Wildman–Crippen MR) is 66.3 cm³/mol. The van der Waals surface area contributed by atoms with E-state index in [9.17, 15) is 4.79 Å². The number of carbonyl (C=O) groups excluding carboxylic acids is 1. The Hall–Kier alpha value is -1.49. The van der Waals surface area contributed by atoms with Crippen LogP contribution in [-0.4, -0.2) is 39.9 Å². The molecule has 1 rings (SSSR count). The van der Waals surface area contributed by atoms with E-state index in [2.05, 4.69) is 15.3 Å². The molecule has 0 aliphatic rings. The average Bonchev–Trinajstić information content (AvgIpc) is 2.38. The van der Waals surface area contributed by atoms with E-state index in [1.165, 1.54) is 6.33 Å². The minimum absolute atomic E-state index is 0.129. The minimum atomic E-state index is -0.190. The molecule has 1 N–H and O–H groups in total. The van der Waals surface area contributed by atoms with E-state index in [1.54, 1.807) is 6.20 Å². The van der Waals surface area contributed by atoms with Crippen molar-refractivity contribution in [1.82, 2.24) is 20.2 Å². The summed E-state index contributed by atoms with van der Waals surface area (Å²) in [6.45, 7) is 7.92. The van der Waals surface area contributed by atoms with Crippen LogP contribution in [0.15, 0.2) is 18.6 Å².